The van der Waals surface area contributed by atoms with E-state index in [0.29, 0.717) is 17.6 Å². The van der Waals surface area contributed by atoms with Gasteiger partial charge < -0.3 is 52.3 Å². The Balaban J connectivity index is 0.00000484. The normalized spacial score (nSPS) is 16.5. The van der Waals surface area contributed by atoms with E-state index in [-0.39, 0.29) is 29.9 Å². The number of thioether (sulfide) groups is 1. The summed E-state index contributed by atoms with van der Waals surface area (Å²) in [6, 6.07) is 21.4. The predicted molar refractivity (Wildman–Crippen MR) is 161 cm³/mol. The number of para-hydroxylation sites is 1. The van der Waals surface area contributed by atoms with Crippen molar-refractivity contribution in [2.24, 2.45) is 0 Å². The smallest absolute Gasteiger partial charge is 0.303 e. The first-order valence-corrected chi connectivity index (χ1v) is 14.4. The molecule has 226 valence electrons. The second kappa shape index (κ2) is 15.0. The summed E-state index contributed by atoms with van der Waals surface area (Å²) in [5.74, 6) is 1.53. The number of benzene rings is 3. The molecular formula is C32H39IN2O6S. The maximum atomic E-state index is 14.2. The van der Waals surface area contributed by atoms with Crippen molar-refractivity contribution in [3.8, 4) is 17.2 Å². The zero-order valence-corrected chi connectivity index (χ0v) is 27.9. The maximum absolute atomic E-state index is 14.2. The second-order valence-corrected chi connectivity index (χ2v) is 11.8. The van der Waals surface area contributed by atoms with E-state index in [1.165, 1.54) is 6.92 Å². The van der Waals surface area contributed by atoms with Crippen molar-refractivity contribution >= 4 is 29.3 Å². The Morgan fingerprint density at radius 3 is 2.10 bits per heavy atom. The summed E-state index contributed by atoms with van der Waals surface area (Å²) in [7, 11) is 9.22. The van der Waals surface area contributed by atoms with Gasteiger partial charge in [-0.25, -0.2) is 0 Å². The molecule has 0 spiro atoms. The van der Waals surface area contributed by atoms with Gasteiger partial charge in [0.2, 0.25) is 0 Å². The average Bonchev–Trinajstić information content (AvgIpc) is 3.08. The summed E-state index contributed by atoms with van der Waals surface area (Å²) in [6.07, 6.45) is -0.158. The first kappa shape index (κ1) is 33.5. The number of nitrogens with zero attached hydrogens (tertiary/aromatic N) is 2. The quantitative estimate of drug-likeness (QED) is 0.172. The highest BCUT2D eigenvalue weighted by Gasteiger charge is 2.41. The molecule has 0 fully saturated rings. The number of esters is 1. The number of fused-ring (bicyclic) bond motifs is 1. The fourth-order valence-corrected chi connectivity index (χ4v) is 6.18. The number of methoxy groups -OCH3 is 3. The number of amides is 1. The van der Waals surface area contributed by atoms with E-state index in [9.17, 15) is 9.59 Å². The van der Waals surface area contributed by atoms with Gasteiger partial charge in [-0.3, -0.25) is 9.59 Å². The lowest BCUT2D eigenvalue weighted by atomic mass is 10.1. The van der Waals surface area contributed by atoms with Gasteiger partial charge in [0.15, 0.2) is 6.10 Å². The van der Waals surface area contributed by atoms with E-state index in [1.54, 1.807) is 38.0 Å². The van der Waals surface area contributed by atoms with Crippen molar-refractivity contribution < 1.29 is 57.0 Å². The van der Waals surface area contributed by atoms with Gasteiger partial charge in [0.05, 0.1) is 66.0 Å². The van der Waals surface area contributed by atoms with Crippen LogP contribution in [0.5, 0.6) is 17.2 Å². The number of halogens is 1. The third-order valence-electron chi connectivity index (χ3n) is 7.28. The lowest BCUT2D eigenvalue weighted by Gasteiger charge is -2.34. The molecule has 1 amide bonds. The lowest BCUT2D eigenvalue weighted by molar-refractivity contribution is -0.888. The van der Waals surface area contributed by atoms with Crippen molar-refractivity contribution in [2.45, 2.75) is 29.6 Å². The number of rotatable bonds is 11. The molecule has 3 aromatic rings. The van der Waals surface area contributed by atoms with Crippen LogP contribution in [0, 0.1) is 0 Å². The number of carbonyl (C=O) groups is 2. The Morgan fingerprint density at radius 2 is 1.50 bits per heavy atom. The van der Waals surface area contributed by atoms with Gasteiger partial charge in [-0.2, -0.15) is 0 Å². The highest BCUT2D eigenvalue weighted by Crippen LogP contribution is 2.47. The first-order chi connectivity index (χ1) is 19.6. The topological polar surface area (TPSA) is 74.3 Å². The molecule has 2 atom stereocenters. The second-order valence-electron chi connectivity index (χ2n) is 10.7. The summed E-state index contributed by atoms with van der Waals surface area (Å²) < 4.78 is 22.6. The largest absolute Gasteiger partial charge is 1.00 e. The maximum Gasteiger partial charge on any atom is 0.303 e. The molecule has 4 rings (SSSR count). The summed E-state index contributed by atoms with van der Waals surface area (Å²) in [6.45, 7) is 3.36. The number of hydrogen-bond acceptors (Lipinski definition) is 7. The molecule has 3 aromatic carbocycles. The van der Waals surface area contributed by atoms with Crippen LogP contribution in [-0.4, -0.2) is 77.5 Å². The molecule has 0 N–H and O–H groups in total. The zero-order valence-electron chi connectivity index (χ0n) is 25.0. The van der Waals surface area contributed by atoms with Crippen LogP contribution in [-0.2, 0) is 20.7 Å². The minimum atomic E-state index is -0.974. The van der Waals surface area contributed by atoms with Gasteiger partial charge in [-0.1, -0.05) is 24.3 Å². The molecule has 1 heterocycles. The predicted octanol–water partition coefficient (Wildman–Crippen LogP) is 2.15. The number of hydrogen-bond donors (Lipinski definition) is 0. The van der Waals surface area contributed by atoms with Crippen LogP contribution in [0.4, 0.5) is 5.69 Å². The average molecular weight is 707 g/mol. The molecule has 0 unspecified atom stereocenters. The Morgan fingerprint density at radius 1 is 0.881 bits per heavy atom. The van der Waals surface area contributed by atoms with E-state index in [1.807, 2.05) is 66.7 Å². The number of quaternary nitrogens is 1. The molecule has 0 bridgehead atoms. The Labute approximate surface area is 269 Å². The van der Waals surface area contributed by atoms with Gasteiger partial charge in [-0.15, -0.1) is 11.8 Å². The van der Waals surface area contributed by atoms with E-state index >= 15 is 0 Å². The number of anilines is 1. The molecule has 1 aliphatic rings. The van der Waals surface area contributed by atoms with Crippen molar-refractivity contribution in [3.63, 3.8) is 0 Å². The summed E-state index contributed by atoms with van der Waals surface area (Å²) >= 11 is 1.54. The van der Waals surface area contributed by atoms with E-state index in [2.05, 4.69) is 14.1 Å². The van der Waals surface area contributed by atoms with Gasteiger partial charge in [0.1, 0.15) is 17.2 Å². The van der Waals surface area contributed by atoms with Crippen LogP contribution in [0.2, 0.25) is 0 Å². The number of ether oxygens (including phenoxy) is 4. The summed E-state index contributed by atoms with van der Waals surface area (Å²) in [5.41, 5.74) is 2.84. The summed E-state index contributed by atoms with van der Waals surface area (Å²) in [5, 5.41) is -0.408. The fraction of sp³-hybridized carbons (Fsp3) is 0.375. The Kier molecular flexibility index (Phi) is 12.0. The standard InChI is InChI=1S/C32H39N2O6S.HI/c1-22(35)40-30-31(24-11-13-25(37-4)14-12-24)41-29-10-8-7-9-28(29)33(32(30)36)16-18-34(2,3)17-15-23-19-26(38-5)21-27(20-23)39-6;/h7-14,19-21,30-31H,15-18H2,1-6H3;1H/q+1;/p-1/t30-,31+;/m1./s1. The van der Waals surface area contributed by atoms with E-state index in [0.717, 1.165) is 51.9 Å². The van der Waals surface area contributed by atoms with Gasteiger partial charge in [-0.05, 0) is 47.5 Å². The molecule has 0 radical (unpaired) electrons. The van der Waals surface area contributed by atoms with Crippen LogP contribution in [0.1, 0.15) is 23.3 Å². The molecular weight excluding hydrogens is 667 g/mol. The third-order valence-corrected chi connectivity index (χ3v) is 8.65. The van der Waals surface area contributed by atoms with Gasteiger partial charge in [0.25, 0.3) is 5.91 Å². The SMILES string of the molecule is COc1ccc([C@@H]2Sc3ccccc3N(CC[N+](C)(C)CCc3cc(OC)cc(OC)c3)C(=O)[C@@H]2OC(C)=O)cc1.[I-]. The van der Waals surface area contributed by atoms with Crippen LogP contribution in [0.15, 0.2) is 71.6 Å². The van der Waals surface area contributed by atoms with Crippen LogP contribution < -0.4 is 43.1 Å². The van der Waals surface area contributed by atoms with Crippen LogP contribution in [0.3, 0.4) is 0 Å². The summed E-state index contributed by atoms with van der Waals surface area (Å²) in [4.78, 5) is 29.1. The van der Waals surface area contributed by atoms with Crippen LogP contribution >= 0.6 is 11.8 Å². The molecule has 0 saturated carbocycles. The third kappa shape index (κ3) is 8.32. The monoisotopic (exact) mass is 706 g/mol. The minimum absolute atomic E-state index is 0. The highest BCUT2D eigenvalue weighted by atomic mass is 127. The molecule has 0 aromatic heterocycles. The molecule has 0 saturated heterocycles. The fourth-order valence-electron chi connectivity index (χ4n) is 4.86. The zero-order chi connectivity index (χ0) is 29.6. The van der Waals surface area contributed by atoms with Crippen LogP contribution in [0.25, 0.3) is 0 Å². The Bertz CT molecular complexity index is 1350. The van der Waals surface area contributed by atoms with Crippen molar-refractivity contribution in [1.82, 2.24) is 0 Å². The number of likely N-dealkylation sites (N-methyl/N-ethyl adjacent to an activating group) is 1. The Hall–Kier alpha value is -2.96. The van der Waals surface area contributed by atoms with E-state index in [4.69, 9.17) is 18.9 Å². The van der Waals surface area contributed by atoms with Crippen molar-refractivity contribution in [2.75, 3.05) is 60.0 Å². The van der Waals surface area contributed by atoms with Gasteiger partial charge in [0, 0.05) is 24.3 Å². The molecule has 42 heavy (non-hydrogen) atoms. The first-order valence-electron chi connectivity index (χ1n) is 13.6. The van der Waals surface area contributed by atoms with Crippen molar-refractivity contribution in [3.05, 3.63) is 77.9 Å². The molecule has 8 nitrogen and oxygen atoms in total. The molecule has 1 aliphatic heterocycles. The minimum Gasteiger partial charge on any atom is -1.00 e. The highest BCUT2D eigenvalue weighted by molar-refractivity contribution is 7.99. The molecule has 0 aliphatic carbocycles. The lowest BCUT2D eigenvalue weighted by Crippen LogP contribution is -3.00. The molecule has 10 heteroatoms. The van der Waals surface area contributed by atoms with E-state index < -0.39 is 17.3 Å². The van der Waals surface area contributed by atoms with Crippen molar-refractivity contribution in [1.29, 1.82) is 0 Å². The van der Waals surface area contributed by atoms with Gasteiger partial charge >= 0.3 is 5.97 Å². The number of carbonyl (C=O) groups excluding carboxylic acids is 2.